The number of hydrogen-bond acceptors (Lipinski definition) is 4. The molecule has 2 rings (SSSR count). The van der Waals surface area contributed by atoms with E-state index in [2.05, 4.69) is 95.3 Å². The number of Topliss-reactive ketones (excluding diaryl/α,β-unsaturated/α-hetero) is 1. The van der Waals surface area contributed by atoms with Crippen LogP contribution in [0, 0.1) is 41.4 Å². The molecule has 0 radical (unpaired) electrons. The molecule has 392 valence electrons. The first kappa shape index (κ1) is 65.6. The Bertz CT molecular complexity index is 1200. The van der Waals surface area contributed by atoms with Gasteiger partial charge in [0.15, 0.2) is 0 Å². The van der Waals surface area contributed by atoms with Gasteiger partial charge in [-0.3, -0.25) is 9.10 Å². The van der Waals surface area contributed by atoms with Crippen LogP contribution in [-0.2, 0) is 9.59 Å². The summed E-state index contributed by atoms with van der Waals surface area (Å²) in [4.78, 5) is 23.4. The minimum atomic E-state index is 0. The second-order valence-electron chi connectivity index (χ2n) is 21.8. The van der Waals surface area contributed by atoms with Crippen molar-refractivity contribution in [1.82, 2.24) is 4.31 Å². The average molecular weight is 953 g/mol. The van der Waals surface area contributed by atoms with Crippen LogP contribution in [0.3, 0.4) is 0 Å². The van der Waals surface area contributed by atoms with Crippen molar-refractivity contribution in [3.8, 4) is 0 Å². The number of hydrogen-bond donors (Lipinski definition) is 1. The summed E-state index contributed by atoms with van der Waals surface area (Å²) in [7, 11) is 0. The van der Waals surface area contributed by atoms with E-state index in [0.717, 1.165) is 63.3 Å². The van der Waals surface area contributed by atoms with Crippen LogP contribution in [0.15, 0.2) is 49.1 Å². The van der Waals surface area contributed by atoms with Crippen molar-refractivity contribution in [3.05, 3.63) is 49.1 Å². The van der Waals surface area contributed by atoms with Gasteiger partial charge in [0, 0.05) is 31.8 Å². The van der Waals surface area contributed by atoms with Gasteiger partial charge in [-0.15, -0.1) is 6.58 Å². The number of carbonyl (C=O) groups excluding carboxylic acids is 2. The minimum Gasteiger partial charge on any atom is -0.303 e. The lowest BCUT2D eigenvalue weighted by molar-refractivity contribution is -0.125. The second-order valence-corrected chi connectivity index (χ2v) is 22.4. The first-order chi connectivity index (χ1) is 32.2. The smallest absolute Gasteiger partial charge is 0.136 e. The number of unbranched alkanes of at least 4 members (excludes halogenated alkanes) is 22. The van der Waals surface area contributed by atoms with Crippen LogP contribution in [0.4, 0.5) is 0 Å². The molecule has 0 spiro atoms. The standard InChI is InChI=1S/C45H81NOS.C17H32O.CH4/c1-7-10-11-12-13-14-15-16-17-18-19-20-21-22-23-24-38(6)25-26-39(8-2)34-40(9-3)35-42-27-28-43(44(42)33-37(4)5)36-45(47)41-29-31-46(48)32-30-41;1-2-3-4-5-6-7-8-9-10-11-12-13-14-15-16-17-18;/h9,16-17,37,39-44,48H,3,6-8,10-15,18-36H2,1-2,4-5H3;8-9,17H,2-7,10-16H2,1H3;1H4/b17-16-;9-8+;. The van der Waals surface area contributed by atoms with Gasteiger partial charge in [-0.25, -0.2) is 0 Å². The van der Waals surface area contributed by atoms with E-state index in [1.165, 1.54) is 217 Å². The largest absolute Gasteiger partial charge is 0.303 e. The third-order valence-corrected chi connectivity index (χ3v) is 15.8. The summed E-state index contributed by atoms with van der Waals surface area (Å²) in [5.74, 6) is 4.91. The predicted molar refractivity (Wildman–Crippen MR) is 304 cm³/mol. The second kappa shape index (κ2) is 47.0. The number of piperidine rings is 1. The van der Waals surface area contributed by atoms with Crippen molar-refractivity contribution in [1.29, 1.82) is 0 Å². The fraction of sp³-hybridized carbons (Fsp3) is 0.841. The number of thiol groups is 1. The van der Waals surface area contributed by atoms with Crippen LogP contribution in [-0.4, -0.2) is 29.5 Å². The summed E-state index contributed by atoms with van der Waals surface area (Å²) in [6, 6.07) is 0. The van der Waals surface area contributed by atoms with E-state index < -0.39 is 0 Å². The molecule has 1 saturated carbocycles. The summed E-state index contributed by atoms with van der Waals surface area (Å²) in [5.41, 5.74) is 1.47. The molecule has 2 aliphatic rings. The molecule has 0 aromatic rings. The zero-order valence-electron chi connectivity index (χ0n) is 44.9. The molecule has 0 N–H and O–H groups in total. The Morgan fingerprint density at radius 3 is 1.55 bits per heavy atom. The van der Waals surface area contributed by atoms with E-state index in [-0.39, 0.29) is 13.3 Å². The Morgan fingerprint density at radius 2 is 1.09 bits per heavy atom. The summed E-state index contributed by atoms with van der Waals surface area (Å²) in [6.07, 6.45) is 61.1. The summed E-state index contributed by atoms with van der Waals surface area (Å²) in [5, 5.41) is 0. The highest BCUT2D eigenvalue weighted by Gasteiger charge is 2.39. The Hall–Kier alpha value is -1.39. The molecule has 0 bridgehead atoms. The summed E-state index contributed by atoms with van der Waals surface area (Å²) in [6.45, 7) is 22.4. The predicted octanol–water partition coefficient (Wildman–Crippen LogP) is 20.6. The summed E-state index contributed by atoms with van der Waals surface area (Å²) >= 11 is 4.50. The van der Waals surface area contributed by atoms with Crippen molar-refractivity contribution in [2.75, 3.05) is 13.1 Å². The highest BCUT2D eigenvalue weighted by Crippen LogP contribution is 2.47. The molecular formula is C63H117NO2S. The molecular weight excluding hydrogens is 835 g/mol. The average Bonchev–Trinajstić information content (AvgIpc) is 3.67. The Morgan fingerprint density at radius 1 is 0.627 bits per heavy atom. The lowest BCUT2D eigenvalue weighted by Crippen LogP contribution is -2.32. The molecule has 1 heterocycles. The first-order valence-corrected chi connectivity index (χ1v) is 29.6. The molecule has 0 amide bonds. The zero-order valence-corrected chi connectivity index (χ0v) is 45.8. The number of allylic oxidation sites excluding steroid dienone is 6. The van der Waals surface area contributed by atoms with Crippen LogP contribution in [0.25, 0.3) is 0 Å². The molecule has 5 unspecified atom stereocenters. The molecule has 67 heavy (non-hydrogen) atoms. The molecule has 2 fully saturated rings. The molecule has 1 saturated heterocycles. The van der Waals surface area contributed by atoms with E-state index in [1.807, 2.05) is 0 Å². The van der Waals surface area contributed by atoms with Gasteiger partial charge in [0.25, 0.3) is 0 Å². The maximum absolute atomic E-state index is 13.3. The van der Waals surface area contributed by atoms with Gasteiger partial charge >= 0.3 is 0 Å². The van der Waals surface area contributed by atoms with Gasteiger partial charge in [0.05, 0.1) is 0 Å². The SMILES string of the molecule is C.C=CC(CC(CC)CCC(=C)CCCCCCC/C=C\CCCCCCCC)CC1CCC(CC(=O)C2CCN(S)CC2)C1CC(C)C.CCCCCCC/C=C/CCCCCCCC=O. The number of carbonyl (C=O) groups is 2. The van der Waals surface area contributed by atoms with Crippen LogP contribution in [0.2, 0.25) is 0 Å². The molecule has 0 aromatic carbocycles. The molecule has 5 atom stereocenters. The molecule has 4 heteroatoms. The van der Waals surface area contributed by atoms with E-state index in [4.69, 9.17) is 0 Å². The Labute approximate surface area is 426 Å². The van der Waals surface area contributed by atoms with Gasteiger partial charge in [-0.2, -0.15) is 0 Å². The Balaban J connectivity index is 0.00000193. The molecule has 3 nitrogen and oxygen atoms in total. The van der Waals surface area contributed by atoms with Crippen molar-refractivity contribution >= 4 is 24.9 Å². The quantitative estimate of drug-likeness (QED) is 0.0286. The van der Waals surface area contributed by atoms with Gasteiger partial charge in [-0.1, -0.05) is 200 Å². The van der Waals surface area contributed by atoms with Crippen LogP contribution in [0.1, 0.15) is 286 Å². The van der Waals surface area contributed by atoms with Crippen molar-refractivity contribution in [3.63, 3.8) is 0 Å². The summed E-state index contributed by atoms with van der Waals surface area (Å²) < 4.78 is 2.08. The molecule has 0 aromatic heterocycles. The maximum Gasteiger partial charge on any atom is 0.136 e. The monoisotopic (exact) mass is 952 g/mol. The fourth-order valence-corrected chi connectivity index (χ4v) is 11.3. The number of nitrogens with zero attached hydrogens (tertiary/aromatic N) is 1. The lowest BCUT2D eigenvalue weighted by Gasteiger charge is -2.31. The number of rotatable bonds is 43. The van der Waals surface area contributed by atoms with Gasteiger partial charge in [0.1, 0.15) is 12.1 Å². The fourth-order valence-electron chi connectivity index (χ4n) is 11.0. The molecule has 1 aliphatic carbocycles. The van der Waals surface area contributed by atoms with E-state index >= 15 is 0 Å². The van der Waals surface area contributed by atoms with Crippen molar-refractivity contribution in [2.45, 2.75) is 286 Å². The van der Waals surface area contributed by atoms with Gasteiger partial charge in [-0.05, 0) is 164 Å². The third-order valence-electron chi connectivity index (χ3n) is 15.4. The first-order valence-electron chi connectivity index (χ1n) is 29.2. The highest BCUT2D eigenvalue weighted by molar-refractivity contribution is 7.77. The van der Waals surface area contributed by atoms with Gasteiger partial charge in [0.2, 0.25) is 0 Å². The number of aldehydes is 1. The molecule has 1 aliphatic heterocycles. The van der Waals surface area contributed by atoms with E-state index in [1.54, 1.807) is 0 Å². The van der Waals surface area contributed by atoms with Crippen molar-refractivity contribution in [2.24, 2.45) is 41.4 Å². The van der Waals surface area contributed by atoms with E-state index in [0.29, 0.717) is 29.5 Å². The van der Waals surface area contributed by atoms with Crippen LogP contribution in [0.5, 0.6) is 0 Å². The normalized spacial score (nSPS) is 18.8. The highest BCUT2D eigenvalue weighted by atomic mass is 32.1. The van der Waals surface area contributed by atoms with Crippen molar-refractivity contribution < 1.29 is 9.59 Å². The lowest BCUT2D eigenvalue weighted by atomic mass is 9.75. The van der Waals surface area contributed by atoms with Crippen LogP contribution >= 0.6 is 12.8 Å². The van der Waals surface area contributed by atoms with Crippen LogP contribution < -0.4 is 0 Å². The van der Waals surface area contributed by atoms with E-state index in [9.17, 15) is 9.59 Å². The third kappa shape index (κ3) is 37.1. The topological polar surface area (TPSA) is 37.4 Å². The van der Waals surface area contributed by atoms with Gasteiger partial charge < -0.3 is 4.79 Å². The zero-order chi connectivity index (χ0) is 48.3. The maximum atomic E-state index is 13.3. The minimum absolute atomic E-state index is 0. The number of ketones is 1. The Kier molecular flexibility index (Phi) is 46.0.